The van der Waals surface area contributed by atoms with E-state index in [0.717, 1.165) is 18.2 Å². The molecule has 1 N–H and O–H groups in total. The van der Waals surface area contributed by atoms with E-state index in [0.29, 0.717) is 12.6 Å². The van der Waals surface area contributed by atoms with Gasteiger partial charge in [0.2, 0.25) is 0 Å². The highest BCUT2D eigenvalue weighted by atomic mass is 16.5. The van der Waals surface area contributed by atoms with Crippen LogP contribution in [0.4, 0.5) is 0 Å². The van der Waals surface area contributed by atoms with Gasteiger partial charge in [-0.1, -0.05) is 37.6 Å². The van der Waals surface area contributed by atoms with Gasteiger partial charge in [0.15, 0.2) is 0 Å². The molecule has 104 valence electrons. The Morgan fingerprint density at radius 2 is 2.00 bits per heavy atom. The van der Waals surface area contributed by atoms with Crippen molar-refractivity contribution in [1.29, 1.82) is 0 Å². The third-order valence-corrected chi connectivity index (χ3v) is 4.03. The molecule has 2 heteroatoms. The summed E-state index contributed by atoms with van der Waals surface area (Å²) >= 11 is 0. The lowest BCUT2D eigenvalue weighted by molar-refractivity contribution is 0.362. The first-order valence-electron chi connectivity index (χ1n) is 7.35. The monoisotopic (exact) mass is 259 g/mol. The van der Waals surface area contributed by atoms with Gasteiger partial charge in [0.05, 0.1) is 0 Å². The Hall–Kier alpha value is -1.28. The van der Waals surface area contributed by atoms with E-state index in [-0.39, 0.29) is 0 Å². The van der Waals surface area contributed by atoms with E-state index in [2.05, 4.69) is 31.0 Å². The summed E-state index contributed by atoms with van der Waals surface area (Å²) in [6.07, 6.45) is 7.36. The molecule has 1 aromatic carbocycles. The molecule has 0 bridgehead atoms. The van der Waals surface area contributed by atoms with E-state index >= 15 is 0 Å². The van der Waals surface area contributed by atoms with Gasteiger partial charge in [-0.2, -0.15) is 0 Å². The Morgan fingerprint density at radius 3 is 2.63 bits per heavy atom. The van der Waals surface area contributed by atoms with Crippen LogP contribution >= 0.6 is 0 Å². The molecule has 1 aromatic rings. The van der Waals surface area contributed by atoms with Gasteiger partial charge in [0.1, 0.15) is 12.4 Å². The highest BCUT2D eigenvalue weighted by Gasteiger charge is 2.20. The van der Waals surface area contributed by atoms with Crippen molar-refractivity contribution in [3.05, 3.63) is 42.5 Å². The van der Waals surface area contributed by atoms with Crippen molar-refractivity contribution in [2.75, 3.05) is 6.61 Å². The molecule has 1 fully saturated rings. The summed E-state index contributed by atoms with van der Waals surface area (Å²) in [5.41, 5.74) is 1.32. The molecule has 2 rings (SSSR count). The van der Waals surface area contributed by atoms with Crippen molar-refractivity contribution >= 4 is 0 Å². The zero-order valence-electron chi connectivity index (χ0n) is 11.9. The van der Waals surface area contributed by atoms with Crippen molar-refractivity contribution in [2.24, 2.45) is 5.92 Å². The highest BCUT2D eigenvalue weighted by Crippen LogP contribution is 2.27. The van der Waals surface area contributed by atoms with E-state index < -0.39 is 0 Å². The quantitative estimate of drug-likeness (QED) is 0.749. The average molecular weight is 259 g/mol. The van der Waals surface area contributed by atoms with Crippen LogP contribution in [0.2, 0.25) is 0 Å². The summed E-state index contributed by atoms with van der Waals surface area (Å²) in [5.74, 6) is 1.78. The average Bonchev–Trinajstić information content (AvgIpc) is 2.98. The van der Waals surface area contributed by atoms with Crippen LogP contribution in [0.25, 0.3) is 0 Å². The first-order valence-corrected chi connectivity index (χ1v) is 7.35. The van der Waals surface area contributed by atoms with E-state index in [1.807, 2.05) is 12.1 Å². The van der Waals surface area contributed by atoms with Gasteiger partial charge in [-0.15, -0.1) is 0 Å². The molecule has 0 amide bonds. The fourth-order valence-corrected chi connectivity index (χ4v) is 2.76. The number of hydrogen-bond donors (Lipinski definition) is 1. The van der Waals surface area contributed by atoms with Crippen LogP contribution < -0.4 is 10.1 Å². The molecule has 0 spiro atoms. The normalized spacial score (nSPS) is 17.3. The predicted molar refractivity (Wildman–Crippen MR) is 80.4 cm³/mol. The predicted octanol–water partition coefficient (Wildman–Crippen LogP) is 3.92. The molecule has 0 unspecified atom stereocenters. The van der Waals surface area contributed by atoms with Crippen LogP contribution in [0.3, 0.4) is 0 Å². The Balaban J connectivity index is 1.77. The lowest BCUT2D eigenvalue weighted by Gasteiger charge is -2.20. The molecule has 0 aromatic heterocycles. The summed E-state index contributed by atoms with van der Waals surface area (Å²) in [5, 5.41) is 3.65. The van der Waals surface area contributed by atoms with Crippen LogP contribution in [0.1, 0.15) is 38.2 Å². The number of nitrogens with one attached hydrogen (secondary N) is 1. The number of hydrogen-bond acceptors (Lipinski definition) is 2. The lowest BCUT2D eigenvalue weighted by Crippen LogP contribution is -2.31. The Morgan fingerprint density at radius 1 is 1.32 bits per heavy atom. The number of rotatable bonds is 7. The van der Waals surface area contributed by atoms with Crippen molar-refractivity contribution in [1.82, 2.24) is 5.32 Å². The zero-order chi connectivity index (χ0) is 13.5. The molecule has 1 aliphatic carbocycles. The van der Waals surface area contributed by atoms with Gasteiger partial charge in [-0.05, 0) is 43.4 Å². The van der Waals surface area contributed by atoms with Gasteiger partial charge in [-0.3, -0.25) is 0 Å². The summed E-state index contributed by atoms with van der Waals surface area (Å²) in [4.78, 5) is 0. The van der Waals surface area contributed by atoms with Crippen LogP contribution in [-0.4, -0.2) is 12.6 Å². The molecule has 1 atom stereocenters. The molecule has 1 saturated carbocycles. The fourth-order valence-electron chi connectivity index (χ4n) is 2.76. The third-order valence-electron chi connectivity index (χ3n) is 4.03. The minimum absolute atomic E-state index is 0.566. The van der Waals surface area contributed by atoms with Crippen molar-refractivity contribution in [3.63, 3.8) is 0 Å². The summed E-state index contributed by atoms with van der Waals surface area (Å²) in [7, 11) is 0. The second kappa shape index (κ2) is 7.34. The largest absolute Gasteiger partial charge is 0.490 e. The smallest absolute Gasteiger partial charge is 0.119 e. The zero-order valence-corrected chi connectivity index (χ0v) is 11.9. The van der Waals surface area contributed by atoms with Gasteiger partial charge in [0.25, 0.3) is 0 Å². The maximum absolute atomic E-state index is 5.48. The highest BCUT2D eigenvalue weighted by molar-refractivity contribution is 5.27. The number of benzene rings is 1. The Bertz CT molecular complexity index is 379. The van der Waals surface area contributed by atoms with Crippen molar-refractivity contribution in [2.45, 2.75) is 45.2 Å². The minimum atomic E-state index is 0.566. The van der Waals surface area contributed by atoms with Crippen LogP contribution in [-0.2, 0) is 6.54 Å². The summed E-state index contributed by atoms with van der Waals surface area (Å²) < 4.78 is 5.48. The topological polar surface area (TPSA) is 21.3 Å². The minimum Gasteiger partial charge on any atom is -0.490 e. The van der Waals surface area contributed by atoms with E-state index in [1.165, 1.54) is 31.2 Å². The lowest BCUT2D eigenvalue weighted by atomic mass is 9.99. The van der Waals surface area contributed by atoms with Crippen LogP contribution in [0, 0.1) is 5.92 Å². The van der Waals surface area contributed by atoms with Gasteiger partial charge < -0.3 is 10.1 Å². The SMILES string of the molecule is C=CCOc1ccc(CN[C@@H](C)C2CCCC2)cc1. The van der Waals surface area contributed by atoms with E-state index in [4.69, 9.17) is 4.74 Å². The molecule has 19 heavy (non-hydrogen) atoms. The molecular weight excluding hydrogens is 234 g/mol. The van der Waals surface area contributed by atoms with E-state index in [9.17, 15) is 0 Å². The Kier molecular flexibility index (Phi) is 5.46. The summed E-state index contributed by atoms with van der Waals surface area (Å²) in [6.45, 7) is 7.47. The van der Waals surface area contributed by atoms with Crippen molar-refractivity contribution < 1.29 is 4.74 Å². The van der Waals surface area contributed by atoms with Gasteiger partial charge >= 0.3 is 0 Å². The first-order chi connectivity index (χ1) is 9.29. The first kappa shape index (κ1) is 14.1. The third kappa shape index (κ3) is 4.39. The van der Waals surface area contributed by atoms with Gasteiger partial charge in [-0.25, -0.2) is 0 Å². The van der Waals surface area contributed by atoms with Crippen LogP contribution in [0.5, 0.6) is 5.75 Å². The van der Waals surface area contributed by atoms with Crippen LogP contribution in [0.15, 0.2) is 36.9 Å². The second-order valence-corrected chi connectivity index (χ2v) is 5.46. The summed E-state index contributed by atoms with van der Waals surface area (Å²) in [6, 6.07) is 8.94. The molecule has 0 radical (unpaired) electrons. The second-order valence-electron chi connectivity index (χ2n) is 5.46. The van der Waals surface area contributed by atoms with Gasteiger partial charge in [0, 0.05) is 12.6 Å². The molecule has 0 heterocycles. The fraction of sp³-hybridized carbons (Fsp3) is 0.529. The maximum Gasteiger partial charge on any atom is 0.119 e. The standard InChI is InChI=1S/C17H25NO/c1-3-12-19-17-10-8-15(9-11-17)13-18-14(2)16-6-4-5-7-16/h3,8-11,14,16,18H,1,4-7,12-13H2,2H3/t14-/m0/s1. The Labute approximate surface area is 116 Å². The molecule has 0 aliphatic heterocycles. The maximum atomic E-state index is 5.48. The molecular formula is C17H25NO. The molecule has 2 nitrogen and oxygen atoms in total. The van der Waals surface area contributed by atoms with E-state index in [1.54, 1.807) is 6.08 Å². The molecule has 0 saturated heterocycles. The van der Waals surface area contributed by atoms with Crippen molar-refractivity contribution in [3.8, 4) is 5.75 Å². The number of ether oxygens (including phenoxy) is 1. The molecule has 1 aliphatic rings.